The van der Waals surface area contributed by atoms with Gasteiger partial charge in [-0.1, -0.05) is 0 Å². The van der Waals surface area contributed by atoms with Crippen molar-refractivity contribution in [2.45, 2.75) is 45.5 Å². The normalized spacial score (nSPS) is 18.6. The maximum atomic E-state index is 13.3. The van der Waals surface area contributed by atoms with E-state index in [4.69, 9.17) is 0 Å². The third-order valence-corrected chi connectivity index (χ3v) is 4.13. The van der Waals surface area contributed by atoms with Crippen LogP contribution in [0.5, 0.6) is 0 Å². The highest BCUT2D eigenvalue weighted by Crippen LogP contribution is 2.32. The van der Waals surface area contributed by atoms with Gasteiger partial charge in [-0.15, -0.1) is 0 Å². The van der Waals surface area contributed by atoms with E-state index in [1.54, 1.807) is 4.90 Å². The zero-order valence-corrected chi connectivity index (χ0v) is 14.2. The van der Waals surface area contributed by atoms with Crippen molar-refractivity contribution < 1.29 is 27.2 Å². The van der Waals surface area contributed by atoms with Crippen molar-refractivity contribution in [2.24, 2.45) is 5.92 Å². The summed E-state index contributed by atoms with van der Waals surface area (Å²) in [5, 5.41) is 2.39. The molecular weight excluding hydrogens is 340 g/mol. The van der Waals surface area contributed by atoms with Crippen LogP contribution in [0.25, 0.3) is 0 Å². The van der Waals surface area contributed by atoms with E-state index in [0.717, 1.165) is 12.1 Å². The Morgan fingerprint density at radius 1 is 1.28 bits per heavy atom. The van der Waals surface area contributed by atoms with Crippen LogP contribution < -0.4 is 5.32 Å². The highest BCUT2D eigenvalue weighted by molar-refractivity contribution is 5.89. The van der Waals surface area contributed by atoms with Gasteiger partial charge in [-0.05, 0) is 44.5 Å². The van der Waals surface area contributed by atoms with Crippen LogP contribution >= 0.6 is 0 Å². The lowest BCUT2D eigenvalue weighted by atomic mass is 10.0. The van der Waals surface area contributed by atoms with Gasteiger partial charge in [0.05, 0.1) is 11.5 Å². The second kappa shape index (κ2) is 6.65. The topological polar surface area (TPSA) is 49.4 Å². The lowest BCUT2D eigenvalue weighted by Gasteiger charge is -2.31. The number of nitrogens with one attached hydrogen (secondary N) is 1. The molecule has 0 spiro atoms. The van der Waals surface area contributed by atoms with E-state index < -0.39 is 41.5 Å². The number of nitrogens with zero attached hydrogens (tertiary/aromatic N) is 1. The Labute approximate surface area is 143 Å². The first-order valence-electron chi connectivity index (χ1n) is 7.83. The van der Waals surface area contributed by atoms with Crippen LogP contribution in [-0.2, 0) is 22.3 Å². The maximum Gasteiger partial charge on any atom is 0.416 e. The van der Waals surface area contributed by atoms with Gasteiger partial charge < -0.3 is 10.2 Å². The average Bonchev–Trinajstić information content (AvgIpc) is 2.85. The Morgan fingerprint density at radius 2 is 1.92 bits per heavy atom. The number of hydrogen-bond acceptors (Lipinski definition) is 2. The largest absolute Gasteiger partial charge is 0.416 e. The predicted molar refractivity (Wildman–Crippen MR) is 82.8 cm³/mol. The summed E-state index contributed by atoms with van der Waals surface area (Å²) >= 11 is 0. The molecule has 8 heteroatoms. The van der Waals surface area contributed by atoms with Crippen LogP contribution in [0.4, 0.5) is 17.6 Å². The summed E-state index contributed by atoms with van der Waals surface area (Å²) in [6.07, 6.45) is -4.63. The van der Waals surface area contributed by atoms with E-state index in [1.165, 1.54) is 0 Å². The van der Waals surface area contributed by atoms with Gasteiger partial charge in [0.25, 0.3) is 0 Å². The van der Waals surface area contributed by atoms with Gasteiger partial charge in [0.15, 0.2) is 0 Å². The van der Waals surface area contributed by atoms with E-state index in [9.17, 15) is 27.2 Å². The minimum Gasteiger partial charge on any atom is -0.352 e. The van der Waals surface area contributed by atoms with Crippen LogP contribution in [-0.4, -0.2) is 28.8 Å². The highest BCUT2D eigenvalue weighted by atomic mass is 19.4. The molecule has 1 fully saturated rings. The summed E-state index contributed by atoms with van der Waals surface area (Å²) in [6.45, 7) is 5.28. The number of carbonyl (C=O) groups excluding carboxylic acids is 2. The Balaban J connectivity index is 2.07. The summed E-state index contributed by atoms with van der Waals surface area (Å²) in [6, 6.07) is 2.13. The van der Waals surface area contributed by atoms with Gasteiger partial charge in [-0.3, -0.25) is 9.59 Å². The third-order valence-electron chi connectivity index (χ3n) is 4.13. The van der Waals surface area contributed by atoms with Crippen molar-refractivity contribution in [3.8, 4) is 0 Å². The molecule has 1 atom stereocenters. The van der Waals surface area contributed by atoms with Crippen LogP contribution in [0, 0.1) is 11.7 Å². The summed E-state index contributed by atoms with van der Waals surface area (Å²) in [5.41, 5.74) is -1.77. The average molecular weight is 360 g/mol. The molecule has 1 heterocycles. The number of likely N-dealkylation sites (tertiary alicyclic amines) is 1. The standard InChI is InChI=1S/C17H20F4N2O2/c1-16(2,3)23-9-11(7-14(23)24)15(25)22-8-10-6-12(18)4-5-13(10)17(19,20)21/h4-6,11H,7-9H2,1-3H3,(H,22,25)/t11-/m1/s1. The van der Waals surface area contributed by atoms with Crippen molar-refractivity contribution in [1.29, 1.82) is 0 Å². The number of amides is 2. The van der Waals surface area contributed by atoms with Crippen molar-refractivity contribution in [2.75, 3.05) is 6.54 Å². The minimum atomic E-state index is -4.64. The molecule has 2 amide bonds. The summed E-state index contributed by atoms with van der Waals surface area (Å²) in [4.78, 5) is 25.8. The van der Waals surface area contributed by atoms with Gasteiger partial charge in [0.1, 0.15) is 5.82 Å². The molecule has 0 unspecified atom stereocenters. The van der Waals surface area contributed by atoms with Crippen molar-refractivity contribution in [1.82, 2.24) is 10.2 Å². The van der Waals surface area contributed by atoms with Crippen molar-refractivity contribution in [3.05, 3.63) is 35.1 Å². The lowest BCUT2D eigenvalue weighted by molar-refractivity contribution is -0.138. The van der Waals surface area contributed by atoms with Crippen LogP contribution in [0.2, 0.25) is 0 Å². The van der Waals surface area contributed by atoms with E-state index in [1.807, 2.05) is 20.8 Å². The molecule has 1 aromatic carbocycles. The summed E-state index contributed by atoms with van der Waals surface area (Å²) < 4.78 is 52.1. The maximum absolute atomic E-state index is 13.3. The van der Waals surface area contributed by atoms with Crippen molar-refractivity contribution >= 4 is 11.8 Å². The molecule has 1 saturated heterocycles. The van der Waals surface area contributed by atoms with Gasteiger partial charge in [-0.2, -0.15) is 13.2 Å². The second-order valence-corrected chi connectivity index (χ2v) is 7.09. The number of rotatable bonds is 3. The zero-order valence-electron chi connectivity index (χ0n) is 14.2. The Hall–Kier alpha value is -2.12. The molecule has 0 aromatic heterocycles. The zero-order chi connectivity index (χ0) is 19.0. The first-order valence-corrected chi connectivity index (χ1v) is 7.83. The quantitative estimate of drug-likeness (QED) is 0.842. The second-order valence-electron chi connectivity index (χ2n) is 7.09. The number of carbonyl (C=O) groups is 2. The number of hydrogen-bond donors (Lipinski definition) is 1. The Kier molecular flexibility index (Phi) is 5.11. The molecule has 0 aliphatic carbocycles. The Bertz CT molecular complexity index is 680. The fraction of sp³-hybridized carbons (Fsp3) is 0.529. The van der Waals surface area contributed by atoms with E-state index in [-0.39, 0.29) is 24.4 Å². The summed E-state index contributed by atoms with van der Waals surface area (Å²) in [5.74, 6) is -2.13. The molecule has 25 heavy (non-hydrogen) atoms. The molecule has 1 aliphatic heterocycles. The smallest absolute Gasteiger partial charge is 0.352 e. The fourth-order valence-electron chi connectivity index (χ4n) is 2.84. The van der Waals surface area contributed by atoms with E-state index in [2.05, 4.69) is 5.32 Å². The molecular formula is C17H20F4N2O2. The SMILES string of the molecule is CC(C)(C)N1C[C@H](C(=O)NCc2cc(F)ccc2C(F)(F)F)CC1=O. The fourth-order valence-corrected chi connectivity index (χ4v) is 2.84. The monoisotopic (exact) mass is 360 g/mol. The number of alkyl halides is 3. The molecule has 1 aromatic rings. The van der Waals surface area contributed by atoms with E-state index >= 15 is 0 Å². The lowest BCUT2D eigenvalue weighted by Crippen LogP contribution is -2.43. The van der Waals surface area contributed by atoms with Crippen LogP contribution in [0.1, 0.15) is 38.3 Å². The van der Waals surface area contributed by atoms with Crippen LogP contribution in [0.3, 0.4) is 0 Å². The van der Waals surface area contributed by atoms with Crippen molar-refractivity contribution in [3.63, 3.8) is 0 Å². The molecule has 1 N–H and O–H groups in total. The first kappa shape index (κ1) is 19.2. The molecule has 2 rings (SSSR count). The minimum absolute atomic E-state index is 0.0123. The molecule has 4 nitrogen and oxygen atoms in total. The third kappa shape index (κ3) is 4.49. The Morgan fingerprint density at radius 3 is 2.44 bits per heavy atom. The van der Waals surface area contributed by atoms with Crippen LogP contribution in [0.15, 0.2) is 18.2 Å². The number of halogens is 4. The predicted octanol–water partition coefficient (Wildman–Crippen LogP) is 3.11. The molecule has 0 radical (unpaired) electrons. The number of benzene rings is 1. The molecule has 0 saturated carbocycles. The van der Waals surface area contributed by atoms with E-state index in [0.29, 0.717) is 6.07 Å². The molecule has 0 bridgehead atoms. The van der Waals surface area contributed by atoms with Gasteiger partial charge in [0, 0.05) is 25.0 Å². The summed E-state index contributed by atoms with van der Waals surface area (Å²) in [7, 11) is 0. The first-order chi connectivity index (χ1) is 11.4. The van der Waals surface area contributed by atoms with Gasteiger partial charge in [-0.25, -0.2) is 4.39 Å². The van der Waals surface area contributed by atoms with Gasteiger partial charge in [0.2, 0.25) is 11.8 Å². The van der Waals surface area contributed by atoms with Gasteiger partial charge >= 0.3 is 6.18 Å². The molecule has 138 valence electrons. The highest BCUT2D eigenvalue weighted by Gasteiger charge is 2.39. The molecule has 1 aliphatic rings.